The summed E-state index contributed by atoms with van der Waals surface area (Å²) in [4.78, 5) is 4.59. The number of aliphatic hydroxyl groups is 2. The Balaban J connectivity index is 2.28. The summed E-state index contributed by atoms with van der Waals surface area (Å²) in [5.74, 6) is 0. The molecule has 0 spiro atoms. The predicted octanol–water partition coefficient (Wildman–Crippen LogP) is -1.76. The van der Waals surface area contributed by atoms with Gasteiger partial charge in [0, 0.05) is 6.54 Å². The molecule has 1 fully saturated rings. The molecule has 0 aromatic heterocycles. The average molecular weight is 119 g/mol. The van der Waals surface area contributed by atoms with E-state index in [9.17, 15) is 0 Å². The van der Waals surface area contributed by atoms with Crippen LogP contribution in [0.5, 0.6) is 0 Å². The summed E-state index contributed by atoms with van der Waals surface area (Å²) in [6.07, 6.45) is -1.40. The van der Waals surface area contributed by atoms with Crippen LogP contribution in [0.2, 0.25) is 0 Å². The zero-order valence-electron chi connectivity index (χ0n) is 4.37. The maximum atomic E-state index is 8.79. The molecule has 1 heterocycles. The van der Waals surface area contributed by atoms with Gasteiger partial charge in [-0.3, -0.25) is 4.84 Å². The number of hydroxylamine groups is 1. The van der Waals surface area contributed by atoms with Crippen LogP contribution in [0.1, 0.15) is 0 Å². The Morgan fingerprint density at radius 3 is 2.50 bits per heavy atom. The van der Waals surface area contributed by atoms with Crippen LogP contribution in [-0.4, -0.2) is 35.6 Å². The molecule has 48 valence electrons. The van der Waals surface area contributed by atoms with Gasteiger partial charge in [-0.15, -0.1) is 0 Å². The van der Waals surface area contributed by atoms with E-state index in [0.29, 0.717) is 6.54 Å². The van der Waals surface area contributed by atoms with Gasteiger partial charge < -0.3 is 10.2 Å². The summed E-state index contributed by atoms with van der Waals surface area (Å²) < 4.78 is 0. The molecule has 0 aromatic rings. The van der Waals surface area contributed by atoms with E-state index in [1.54, 1.807) is 0 Å². The zero-order valence-corrected chi connectivity index (χ0v) is 4.37. The Bertz CT molecular complexity index is 67.7. The smallest absolute Gasteiger partial charge is 0.106 e. The highest BCUT2D eigenvalue weighted by atomic mass is 16.7. The number of rotatable bonds is 0. The molecule has 0 aliphatic carbocycles. The predicted molar refractivity (Wildman–Crippen MR) is 26.0 cm³/mol. The minimum atomic E-state index is -0.726. The van der Waals surface area contributed by atoms with Crippen LogP contribution in [0.4, 0.5) is 0 Å². The molecule has 4 heteroatoms. The summed E-state index contributed by atoms with van der Waals surface area (Å²) in [6, 6.07) is 0. The van der Waals surface area contributed by atoms with Gasteiger partial charge >= 0.3 is 0 Å². The normalized spacial score (nSPS) is 39.8. The Morgan fingerprint density at radius 1 is 1.38 bits per heavy atom. The van der Waals surface area contributed by atoms with E-state index >= 15 is 0 Å². The average Bonchev–Trinajstić information content (AvgIpc) is 1.77. The highest BCUT2D eigenvalue weighted by Gasteiger charge is 2.20. The SMILES string of the molecule is O[C@@H]1CONC[C@@H]1O. The fourth-order valence-electron chi connectivity index (χ4n) is 0.536. The summed E-state index contributed by atoms with van der Waals surface area (Å²) >= 11 is 0. The Hall–Kier alpha value is -0.160. The molecule has 0 aromatic carbocycles. The summed E-state index contributed by atoms with van der Waals surface area (Å²) in [5.41, 5.74) is 2.45. The third-order valence-corrected chi connectivity index (χ3v) is 1.09. The summed E-state index contributed by atoms with van der Waals surface area (Å²) in [7, 11) is 0. The number of nitrogens with one attached hydrogen (secondary N) is 1. The molecule has 0 radical (unpaired) electrons. The third-order valence-electron chi connectivity index (χ3n) is 1.09. The van der Waals surface area contributed by atoms with Gasteiger partial charge in [-0.1, -0.05) is 0 Å². The van der Waals surface area contributed by atoms with Crippen LogP contribution < -0.4 is 5.48 Å². The lowest BCUT2D eigenvalue weighted by molar-refractivity contribution is -0.118. The van der Waals surface area contributed by atoms with Gasteiger partial charge in [0.25, 0.3) is 0 Å². The molecule has 4 nitrogen and oxygen atoms in total. The second-order valence-corrected chi connectivity index (χ2v) is 1.79. The lowest BCUT2D eigenvalue weighted by atomic mass is 10.2. The van der Waals surface area contributed by atoms with Crippen molar-refractivity contribution in [2.45, 2.75) is 12.2 Å². The van der Waals surface area contributed by atoms with Gasteiger partial charge in [-0.2, -0.15) is 5.48 Å². The van der Waals surface area contributed by atoms with E-state index in [-0.39, 0.29) is 6.61 Å². The fourth-order valence-corrected chi connectivity index (χ4v) is 0.536. The first-order chi connectivity index (χ1) is 3.80. The lowest BCUT2D eigenvalue weighted by Crippen LogP contribution is -2.45. The van der Waals surface area contributed by atoms with Crippen molar-refractivity contribution in [3.8, 4) is 0 Å². The van der Waals surface area contributed by atoms with Crippen molar-refractivity contribution in [3.05, 3.63) is 0 Å². The third kappa shape index (κ3) is 1.16. The van der Waals surface area contributed by atoms with Gasteiger partial charge in [-0.05, 0) is 0 Å². The fraction of sp³-hybridized carbons (Fsp3) is 1.00. The highest BCUT2D eigenvalue weighted by molar-refractivity contribution is 4.69. The van der Waals surface area contributed by atoms with Crippen molar-refractivity contribution in [1.29, 1.82) is 0 Å². The van der Waals surface area contributed by atoms with Crippen molar-refractivity contribution >= 4 is 0 Å². The minimum Gasteiger partial charge on any atom is -0.389 e. The first kappa shape index (κ1) is 5.97. The van der Waals surface area contributed by atoms with Gasteiger partial charge in [0.15, 0.2) is 0 Å². The van der Waals surface area contributed by atoms with E-state index in [1.807, 2.05) is 0 Å². The van der Waals surface area contributed by atoms with Gasteiger partial charge in [-0.25, -0.2) is 0 Å². The van der Waals surface area contributed by atoms with Crippen LogP contribution in [0.15, 0.2) is 0 Å². The Kier molecular flexibility index (Phi) is 1.80. The van der Waals surface area contributed by atoms with E-state index in [4.69, 9.17) is 10.2 Å². The molecule has 0 unspecified atom stereocenters. The molecule has 1 saturated heterocycles. The number of β-amino-alcohol motifs (C(OH)–C–C–N with tert-alkyl or cyclic N) is 1. The summed E-state index contributed by atoms with van der Waals surface area (Å²) in [5, 5.41) is 17.5. The van der Waals surface area contributed by atoms with Crippen LogP contribution in [0.25, 0.3) is 0 Å². The van der Waals surface area contributed by atoms with Crippen molar-refractivity contribution in [2.24, 2.45) is 0 Å². The summed E-state index contributed by atoms with van der Waals surface area (Å²) in [6.45, 7) is 0.475. The van der Waals surface area contributed by atoms with E-state index in [1.165, 1.54) is 0 Å². The largest absolute Gasteiger partial charge is 0.389 e. The highest BCUT2D eigenvalue weighted by Crippen LogP contribution is 1.96. The van der Waals surface area contributed by atoms with Crippen molar-refractivity contribution in [3.63, 3.8) is 0 Å². The number of aliphatic hydroxyl groups excluding tert-OH is 2. The van der Waals surface area contributed by atoms with Crippen molar-refractivity contribution in [1.82, 2.24) is 5.48 Å². The molecule has 0 saturated carbocycles. The molecule has 0 amide bonds. The maximum Gasteiger partial charge on any atom is 0.106 e. The van der Waals surface area contributed by atoms with Crippen molar-refractivity contribution < 1.29 is 15.1 Å². The quantitative estimate of drug-likeness (QED) is 0.353. The maximum absolute atomic E-state index is 8.79. The second kappa shape index (κ2) is 2.41. The van der Waals surface area contributed by atoms with E-state index in [0.717, 1.165) is 0 Å². The Morgan fingerprint density at radius 2 is 2.12 bits per heavy atom. The number of hydrogen-bond donors (Lipinski definition) is 3. The zero-order chi connectivity index (χ0) is 5.98. The molecule has 1 aliphatic heterocycles. The molecule has 1 rings (SSSR count). The van der Waals surface area contributed by atoms with Gasteiger partial charge in [0.2, 0.25) is 0 Å². The second-order valence-electron chi connectivity index (χ2n) is 1.79. The van der Waals surface area contributed by atoms with Crippen LogP contribution in [0, 0.1) is 0 Å². The molecule has 0 bridgehead atoms. The van der Waals surface area contributed by atoms with Crippen LogP contribution >= 0.6 is 0 Å². The standard InChI is InChI=1S/C4H9NO3/c6-3-1-5-8-2-4(3)7/h3-7H,1-2H2/t3-,4+/m0/s1. The van der Waals surface area contributed by atoms with Gasteiger partial charge in [0.05, 0.1) is 12.7 Å². The first-order valence-electron chi connectivity index (χ1n) is 2.51. The van der Waals surface area contributed by atoms with Crippen LogP contribution in [0.3, 0.4) is 0 Å². The van der Waals surface area contributed by atoms with Crippen LogP contribution in [-0.2, 0) is 4.84 Å². The lowest BCUT2D eigenvalue weighted by Gasteiger charge is -2.23. The van der Waals surface area contributed by atoms with Crippen molar-refractivity contribution in [2.75, 3.05) is 13.2 Å². The van der Waals surface area contributed by atoms with E-state index in [2.05, 4.69) is 10.3 Å². The molecular formula is C4H9NO3. The Labute approximate surface area is 47.0 Å². The topological polar surface area (TPSA) is 61.7 Å². The molecule has 1 aliphatic rings. The molecular weight excluding hydrogens is 110 g/mol. The monoisotopic (exact) mass is 119 g/mol. The molecule has 2 atom stereocenters. The minimum absolute atomic E-state index is 0.168. The number of hydrogen-bond acceptors (Lipinski definition) is 4. The van der Waals surface area contributed by atoms with E-state index < -0.39 is 12.2 Å². The van der Waals surface area contributed by atoms with Gasteiger partial charge in [0.1, 0.15) is 6.10 Å². The first-order valence-corrected chi connectivity index (χ1v) is 2.51. The molecule has 3 N–H and O–H groups in total. The molecule has 8 heavy (non-hydrogen) atoms.